The average Bonchev–Trinajstić information content (AvgIpc) is 2.98. The van der Waals surface area contributed by atoms with Crippen LogP contribution in [-0.4, -0.2) is 49.4 Å². The van der Waals surface area contributed by atoms with Gasteiger partial charge in [-0.1, -0.05) is 12.1 Å². The van der Waals surface area contributed by atoms with Crippen molar-refractivity contribution in [3.63, 3.8) is 0 Å². The highest BCUT2D eigenvalue weighted by Crippen LogP contribution is 2.30. The highest BCUT2D eigenvalue weighted by Gasteiger charge is 2.34. The minimum atomic E-state index is -0.533. The molecule has 1 atom stereocenters. The molecule has 1 unspecified atom stereocenters. The summed E-state index contributed by atoms with van der Waals surface area (Å²) in [4.78, 5) is 6.67. The van der Waals surface area contributed by atoms with E-state index < -0.39 is 5.60 Å². The summed E-state index contributed by atoms with van der Waals surface area (Å²) in [5, 5.41) is 16.9. The van der Waals surface area contributed by atoms with Crippen LogP contribution in [0.5, 0.6) is 0 Å². The monoisotopic (exact) mass is 380 g/mol. The van der Waals surface area contributed by atoms with Gasteiger partial charge in [0, 0.05) is 37.2 Å². The fourth-order valence-corrected chi connectivity index (χ4v) is 3.74. The fraction of sp³-hybridized carbons (Fsp3) is 0.588. The van der Waals surface area contributed by atoms with Crippen molar-refractivity contribution in [1.82, 2.24) is 10.6 Å². The molecule has 0 bridgehead atoms. The van der Waals surface area contributed by atoms with E-state index in [-0.39, 0.29) is 0 Å². The Labute approximate surface area is 146 Å². The first-order chi connectivity index (χ1) is 11.1. The van der Waals surface area contributed by atoms with Crippen LogP contribution in [0.15, 0.2) is 33.7 Å². The molecule has 1 heterocycles. The summed E-state index contributed by atoms with van der Waals surface area (Å²) in [6.45, 7) is 2.56. The average molecular weight is 381 g/mol. The van der Waals surface area contributed by atoms with Gasteiger partial charge in [-0.25, -0.2) is 0 Å². The third-order valence-electron chi connectivity index (χ3n) is 4.81. The Morgan fingerprint density at radius 2 is 2.22 bits per heavy atom. The van der Waals surface area contributed by atoms with Crippen molar-refractivity contribution in [2.24, 2.45) is 4.99 Å². The molecule has 1 aliphatic carbocycles. The third kappa shape index (κ3) is 3.98. The number of aliphatic imine (C=N–C) groups is 1. The van der Waals surface area contributed by atoms with Crippen LogP contribution in [0.3, 0.4) is 0 Å². The van der Waals surface area contributed by atoms with E-state index in [4.69, 9.17) is 0 Å². The van der Waals surface area contributed by atoms with Crippen LogP contribution in [0.25, 0.3) is 0 Å². The first kappa shape index (κ1) is 16.6. The Bertz CT molecular complexity index is 573. The second-order valence-electron chi connectivity index (χ2n) is 6.53. The lowest BCUT2D eigenvalue weighted by Crippen LogP contribution is -2.52. The molecule has 3 rings (SSSR count). The van der Waals surface area contributed by atoms with E-state index in [1.54, 1.807) is 7.05 Å². The summed E-state index contributed by atoms with van der Waals surface area (Å²) in [6.07, 6.45) is 3.96. The number of nitrogens with zero attached hydrogens (tertiary/aromatic N) is 2. The molecule has 1 aliphatic heterocycles. The van der Waals surface area contributed by atoms with E-state index in [2.05, 4.69) is 54.7 Å². The van der Waals surface area contributed by atoms with Crippen molar-refractivity contribution in [3.05, 3.63) is 28.7 Å². The van der Waals surface area contributed by atoms with E-state index in [9.17, 15) is 5.11 Å². The fourth-order valence-electron chi connectivity index (χ4n) is 3.20. The Morgan fingerprint density at radius 1 is 1.43 bits per heavy atom. The van der Waals surface area contributed by atoms with Crippen molar-refractivity contribution in [1.29, 1.82) is 0 Å². The zero-order valence-electron chi connectivity index (χ0n) is 13.6. The number of guanidine groups is 1. The molecule has 0 spiro atoms. The predicted octanol–water partition coefficient (Wildman–Crippen LogP) is 2.11. The van der Waals surface area contributed by atoms with Gasteiger partial charge in [-0.15, -0.1) is 0 Å². The number of benzene rings is 1. The van der Waals surface area contributed by atoms with E-state index in [0.29, 0.717) is 12.6 Å². The number of nitrogens with one attached hydrogen (secondary N) is 2. The molecule has 1 saturated heterocycles. The minimum absolute atomic E-state index is 0.365. The quantitative estimate of drug-likeness (QED) is 0.552. The van der Waals surface area contributed by atoms with Crippen LogP contribution < -0.4 is 15.5 Å². The van der Waals surface area contributed by atoms with Gasteiger partial charge in [-0.05, 0) is 53.7 Å². The Kier molecular flexibility index (Phi) is 5.11. The number of rotatable bonds is 4. The van der Waals surface area contributed by atoms with Crippen molar-refractivity contribution in [2.45, 2.75) is 37.3 Å². The molecule has 6 heteroatoms. The molecule has 5 nitrogen and oxygen atoms in total. The molecule has 126 valence electrons. The predicted molar refractivity (Wildman–Crippen MR) is 98.1 cm³/mol. The van der Waals surface area contributed by atoms with Crippen LogP contribution in [0.4, 0.5) is 5.69 Å². The van der Waals surface area contributed by atoms with Gasteiger partial charge in [0.05, 0.1) is 11.3 Å². The van der Waals surface area contributed by atoms with Crippen molar-refractivity contribution in [3.8, 4) is 0 Å². The van der Waals surface area contributed by atoms with Gasteiger partial charge in [-0.3, -0.25) is 4.99 Å². The summed E-state index contributed by atoms with van der Waals surface area (Å²) < 4.78 is 1.13. The van der Waals surface area contributed by atoms with Gasteiger partial charge in [0.2, 0.25) is 0 Å². The zero-order chi connectivity index (χ0) is 16.3. The molecule has 0 radical (unpaired) electrons. The Balaban J connectivity index is 1.51. The standard InChI is InChI=1S/C17H25BrN4O/c1-19-16(20-12-17(23)8-4-9-17)21-13-7-10-22(11-13)15-6-3-2-5-14(15)18/h2-3,5-6,13,23H,4,7-12H2,1H3,(H2,19,20,21). The molecule has 0 aromatic heterocycles. The number of anilines is 1. The molecule has 2 fully saturated rings. The number of hydrogen-bond acceptors (Lipinski definition) is 3. The lowest BCUT2D eigenvalue weighted by molar-refractivity contribution is -0.0279. The molecule has 23 heavy (non-hydrogen) atoms. The number of para-hydroxylation sites is 1. The molecular formula is C17H25BrN4O. The molecule has 2 aliphatic rings. The lowest BCUT2D eigenvalue weighted by atomic mass is 9.80. The largest absolute Gasteiger partial charge is 0.388 e. The van der Waals surface area contributed by atoms with E-state index in [1.807, 2.05) is 6.07 Å². The summed E-state index contributed by atoms with van der Waals surface area (Å²) in [6, 6.07) is 8.70. The van der Waals surface area contributed by atoms with E-state index in [1.165, 1.54) is 5.69 Å². The molecule has 3 N–H and O–H groups in total. The molecule has 1 aromatic carbocycles. The van der Waals surface area contributed by atoms with Crippen molar-refractivity contribution < 1.29 is 5.11 Å². The summed E-state index contributed by atoms with van der Waals surface area (Å²) in [5.74, 6) is 0.782. The first-order valence-corrected chi connectivity index (χ1v) is 9.08. The van der Waals surface area contributed by atoms with E-state index >= 15 is 0 Å². The normalized spacial score (nSPS) is 23.5. The van der Waals surface area contributed by atoms with Gasteiger partial charge >= 0.3 is 0 Å². The van der Waals surface area contributed by atoms with Crippen LogP contribution >= 0.6 is 15.9 Å². The second kappa shape index (κ2) is 7.09. The van der Waals surface area contributed by atoms with Crippen molar-refractivity contribution in [2.75, 3.05) is 31.6 Å². The second-order valence-corrected chi connectivity index (χ2v) is 7.39. The third-order valence-corrected chi connectivity index (χ3v) is 5.49. The lowest BCUT2D eigenvalue weighted by Gasteiger charge is -2.37. The maximum Gasteiger partial charge on any atom is 0.191 e. The van der Waals surface area contributed by atoms with E-state index in [0.717, 1.165) is 49.2 Å². The number of halogens is 1. The highest BCUT2D eigenvalue weighted by molar-refractivity contribution is 9.10. The molecule has 1 saturated carbocycles. The molecule has 0 amide bonds. The summed E-state index contributed by atoms with van der Waals surface area (Å²) in [7, 11) is 1.78. The maximum absolute atomic E-state index is 10.2. The molecular weight excluding hydrogens is 356 g/mol. The van der Waals surface area contributed by atoms with Crippen LogP contribution in [0, 0.1) is 0 Å². The maximum atomic E-state index is 10.2. The van der Waals surface area contributed by atoms with Gasteiger partial charge in [0.1, 0.15) is 0 Å². The highest BCUT2D eigenvalue weighted by atomic mass is 79.9. The number of aliphatic hydroxyl groups is 1. The van der Waals surface area contributed by atoms with Gasteiger partial charge in [0.25, 0.3) is 0 Å². The van der Waals surface area contributed by atoms with Crippen LogP contribution in [-0.2, 0) is 0 Å². The van der Waals surface area contributed by atoms with Gasteiger partial charge < -0.3 is 20.6 Å². The van der Waals surface area contributed by atoms with Crippen molar-refractivity contribution >= 4 is 27.6 Å². The number of hydrogen-bond donors (Lipinski definition) is 3. The Morgan fingerprint density at radius 3 is 2.87 bits per heavy atom. The van der Waals surface area contributed by atoms with Crippen LogP contribution in [0.2, 0.25) is 0 Å². The summed E-state index contributed by atoms with van der Waals surface area (Å²) >= 11 is 3.63. The van der Waals surface area contributed by atoms with Gasteiger partial charge in [0.15, 0.2) is 5.96 Å². The van der Waals surface area contributed by atoms with Crippen LogP contribution in [0.1, 0.15) is 25.7 Å². The minimum Gasteiger partial charge on any atom is -0.388 e. The van der Waals surface area contributed by atoms with Gasteiger partial charge in [-0.2, -0.15) is 0 Å². The summed E-state index contributed by atoms with van der Waals surface area (Å²) in [5.41, 5.74) is 0.706. The first-order valence-electron chi connectivity index (χ1n) is 8.29. The zero-order valence-corrected chi connectivity index (χ0v) is 15.1. The molecule has 1 aromatic rings. The smallest absolute Gasteiger partial charge is 0.191 e. The SMILES string of the molecule is CN=C(NCC1(O)CCC1)NC1CCN(c2ccccc2Br)C1. The topological polar surface area (TPSA) is 59.9 Å². The Hall–Kier alpha value is -1.27.